The van der Waals surface area contributed by atoms with E-state index in [-0.39, 0.29) is 0 Å². The van der Waals surface area contributed by atoms with E-state index in [1.165, 1.54) is 18.4 Å². The molecule has 1 fully saturated rings. The summed E-state index contributed by atoms with van der Waals surface area (Å²) in [6, 6.07) is 8.90. The number of terminal acetylenes is 1. The third-order valence-corrected chi connectivity index (χ3v) is 4.42. The summed E-state index contributed by atoms with van der Waals surface area (Å²) < 4.78 is 0. The number of hydrogen-bond donors (Lipinski definition) is 1. The van der Waals surface area contributed by atoms with Crippen molar-refractivity contribution in [3.63, 3.8) is 0 Å². The van der Waals surface area contributed by atoms with Crippen molar-refractivity contribution in [1.82, 2.24) is 5.32 Å². The van der Waals surface area contributed by atoms with E-state index in [1.54, 1.807) is 0 Å². The van der Waals surface area contributed by atoms with Gasteiger partial charge in [0.25, 0.3) is 0 Å². The monoisotopic (exact) mass is 279 g/mol. The molecule has 0 bridgehead atoms. The number of halogens is 1. The molecule has 1 N–H and O–H groups in total. The fraction of sp³-hybridized carbons (Fsp3) is 0.467. The largest absolute Gasteiger partial charge is 0.313 e. The molecule has 1 aromatic rings. The first kappa shape index (κ1) is 13.8. The summed E-state index contributed by atoms with van der Waals surface area (Å²) in [4.78, 5) is 0. The number of hydrogen-bond acceptors (Lipinski definition) is 2. The molecule has 3 heteroatoms. The Morgan fingerprint density at radius 1 is 1.44 bits per heavy atom. The quantitative estimate of drug-likeness (QED) is 0.631. The van der Waals surface area contributed by atoms with Crippen molar-refractivity contribution in [2.75, 3.05) is 18.1 Å². The molecule has 0 aromatic heterocycles. The molecule has 0 saturated heterocycles. The molecule has 1 nitrogen and oxygen atoms in total. The highest BCUT2D eigenvalue weighted by atomic mass is 35.5. The van der Waals surface area contributed by atoms with Gasteiger partial charge in [-0.15, -0.1) is 18.2 Å². The molecule has 1 aromatic carbocycles. The Morgan fingerprint density at radius 2 is 2.28 bits per heavy atom. The molecule has 1 aliphatic rings. The predicted octanol–water partition coefficient (Wildman–Crippen LogP) is 3.54. The summed E-state index contributed by atoms with van der Waals surface area (Å²) in [5.74, 6) is 5.24. The van der Waals surface area contributed by atoms with Gasteiger partial charge in [0.05, 0.1) is 5.75 Å². The highest BCUT2D eigenvalue weighted by Crippen LogP contribution is 2.37. The Kier molecular flexibility index (Phi) is 5.44. The van der Waals surface area contributed by atoms with E-state index in [1.807, 2.05) is 23.9 Å². The number of nitrogens with one attached hydrogen (secondary N) is 1. The van der Waals surface area contributed by atoms with Crippen LogP contribution in [0.4, 0.5) is 0 Å². The smallest absolute Gasteiger partial charge is 0.0545 e. The fourth-order valence-corrected chi connectivity index (χ4v) is 3.01. The van der Waals surface area contributed by atoms with E-state index in [9.17, 15) is 0 Å². The lowest BCUT2D eigenvalue weighted by Crippen LogP contribution is -2.41. The summed E-state index contributed by atoms with van der Waals surface area (Å²) in [7, 11) is 0. The molecular formula is C15H18ClNS. The van der Waals surface area contributed by atoms with Gasteiger partial charge >= 0.3 is 0 Å². The highest BCUT2D eigenvalue weighted by molar-refractivity contribution is 7.99. The lowest BCUT2D eigenvalue weighted by atomic mass is 9.76. The van der Waals surface area contributed by atoms with Crippen molar-refractivity contribution in [2.24, 2.45) is 0 Å². The molecule has 0 heterocycles. The van der Waals surface area contributed by atoms with Crippen molar-refractivity contribution in [3.05, 3.63) is 34.9 Å². The maximum atomic E-state index is 6.00. The van der Waals surface area contributed by atoms with Gasteiger partial charge in [0.1, 0.15) is 0 Å². The van der Waals surface area contributed by atoms with Gasteiger partial charge < -0.3 is 5.32 Å². The fourth-order valence-electron chi connectivity index (χ4n) is 2.28. The first-order valence-electron chi connectivity index (χ1n) is 6.29. The minimum absolute atomic E-state index is 0.667. The number of benzene rings is 1. The molecule has 0 spiro atoms. The zero-order valence-electron chi connectivity index (χ0n) is 10.4. The van der Waals surface area contributed by atoms with Crippen LogP contribution in [0.15, 0.2) is 24.3 Å². The molecule has 96 valence electrons. The van der Waals surface area contributed by atoms with Gasteiger partial charge in [-0.1, -0.05) is 29.7 Å². The maximum Gasteiger partial charge on any atom is 0.0545 e. The molecule has 0 radical (unpaired) electrons. The van der Waals surface area contributed by atoms with E-state index in [2.05, 4.69) is 23.4 Å². The van der Waals surface area contributed by atoms with Crippen LogP contribution in [0.3, 0.4) is 0 Å². The molecule has 0 aliphatic heterocycles. The Morgan fingerprint density at radius 3 is 3.00 bits per heavy atom. The van der Waals surface area contributed by atoms with Gasteiger partial charge in [-0.2, -0.15) is 0 Å². The SMILES string of the molecule is C#CCSCCNC1CC(c2cccc(Cl)c2)C1. The Balaban J connectivity index is 1.64. The van der Waals surface area contributed by atoms with Crippen LogP contribution in [0.25, 0.3) is 0 Å². The maximum absolute atomic E-state index is 6.00. The molecule has 1 saturated carbocycles. The van der Waals surface area contributed by atoms with Crippen LogP contribution < -0.4 is 5.32 Å². The Hall–Kier alpha value is -0.620. The molecule has 18 heavy (non-hydrogen) atoms. The molecule has 0 atom stereocenters. The summed E-state index contributed by atoms with van der Waals surface area (Å²) in [6.45, 7) is 1.05. The second kappa shape index (κ2) is 7.09. The first-order valence-corrected chi connectivity index (χ1v) is 7.83. The first-order chi connectivity index (χ1) is 8.79. The minimum Gasteiger partial charge on any atom is -0.313 e. The lowest BCUT2D eigenvalue weighted by molar-refractivity contribution is 0.296. The average molecular weight is 280 g/mol. The van der Waals surface area contributed by atoms with E-state index in [0.717, 1.165) is 23.1 Å². The van der Waals surface area contributed by atoms with E-state index in [4.69, 9.17) is 18.0 Å². The van der Waals surface area contributed by atoms with Crippen molar-refractivity contribution in [3.8, 4) is 12.3 Å². The second-order valence-electron chi connectivity index (χ2n) is 4.63. The highest BCUT2D eigenvalue weighted by Gasteiger charge is 2.29. The van der Waals surface area contributed by atoms with Gasteiger partial charge in [-0.3, -0.25) is 0 Å². The van der Waals surface area contributed by atoms with Crippen molar-refractivity contribution >= 4 is 23.4 Å². The Labute approximate surface area is 119 Å². The van der Waals surface area contributed by atoms with Crippen LogP contribution in [0, 0.1) is 12.3 Å². The number of thioether (sulfide) groups is 1. The van der Waals surface area contributed by atoms with Gasteiger partial charge in [-0.25, -0.2) is 0 Å². The van der Waals surface area contributed by atoms with Crippen LogP contribution in [-0.2, 0) is 0 Å². The third kappa shape index (κ3) is 3.95. The van der Waals surface area contributed by atoms with Crippen LogP contribution >= 0.6 is 23.4 Å². The van der Waals surface area contributed by atoms with Gasteiger partial charge in [0, 0.05) is 23.4 Å². The summed E-state index contributed by atoms with van der Waals surface area (Å²) in [5, 5.41) is 4.41. The normalized spacial score (nSPS) is 22.2. The molecule has 0 unspecified atom stereocenters. The zero-order chi connectivity index (χ0) is 12.8. The standard InChI is InChI=1S/C15H18ClNS/c1-2-7-18-8-6-17-15-10-13(11-15)12-4-3-5-14(16)9-12/h1,3-5,9,13,15,17H,6-8,10-11H2. The summed E-state index contributed by atoms with van der Waals surface area (Å²) in [5.41, 5.74) is 1.38. The average Bonchev–Trinajstić information content (AvgIpc) is 2.31. The summed E-state index contributed by atoms with van der Waals surface area (Å²) in [6.07, 6.45) is 7.65. The predicted molar refractivity (Wildman–Crippen MR) is 81.4 cm³/mol. The van der Waals surface area contributed by atoms with Gasteiger partial charge in [0.15, 0.2) is 0 Å². The van der Waals surface area contributed by atoms with Gasteiger partial charge in [-0.05, 0) is 36.5 Å². The van der Waals surface area contributed by atoms with Gasteiger partial charge in [0.2, 0.25) is 0 Å². The van der Waals surface area contributed by atoms with Crippen molar-refractivity contribution in [2.45, 2.75) is 24.8 Å². The van der Waals surface area contributed by atoms with Crippen molar-refractivity contribution in [1.29, 1.82) is 0 Å². The van der Waals surface area contributed by atoms with Crippen LogP contribution in [0.2, 0.25) is 5.02 Å². The molecular weight excluding hydrogens is 262 g/mol. The zero-order valence-corrected chi connectivity index (χ0v) is 11.9. The van der Waals surface area contributed by atoms with E-state index in [0.29, 0.717) is 12.0 Å². The molecule has 2 rings (SSSR count). The molecule has 1 aliphatic carbocycles. The second-order valence-corrected chi connectivity index (χ2v) is 6.17. The summed E-state index contributed by atoms with van der Waals surface area (Å²) >= 11 is 7.82. The Bertz CT molecular complexity index is 421. The van der Waals surface area contributed by atoms with Crippen LogP contribution in [-0.4, -0.2) is 24.1 Å². The third-order valence-electron chi connectivity index (χ3n) is 3.32. The van der Waals surface area contributed by atoms with E-state index < -0.39 is 0 Å². The molecule has 0 amide bonds. The lowest BCUT2D eigenvalue weighted by Gasteiger charge is -2.36. The van der Waals surface area contributed by atoms with Crippen LogP contribution in [0.5, 0.6) is 0 Å². The number of rotatable bonds is 6. The van der Waals surface area contributed by atoms with Crippen LogP contribution in [0.1, 0.15) is 24.3 Å². The van der Waals surface area contributed by atoms with Crippen molar-refractivity contribution < 1.29 is 0 Å². The van der Waals surface area contributed by atoms with E-state index >= 15 is 0 Å². The minimum atomic E-state index is 0.667. The topological polar surface area (TPSA) is 12.0 Å².